The second-order valence-corrected chi connectivity index (χ2v) is 5.08. The molecule has 0 amide bonds. The molecule has 0 N–H and O–H groups in total. The molecule has 0 aliphatic rings. The first kappa shape index (κ1) is 14.5. The Bertz CT molecular complexity index is 472. The summed E-state index contributed by atoms with van der Waals surface area (Å²) in [6, 6.07) is 5.92. The van der Waals surface area contributed by atoms with Gasteiger partial charge < -0.3 is 0 Å². The second kappa shape index (κ2) is 7.01. The van der Waals surface area contributed by atoms with Gasteiger partial charge in [0.15, 0.2) is 5.78 Å². The Labute approximate surface area is 111 Å². The highest BCUT2D eigenvalue weighted by atomic mass is 16.1. The summed E-state index contributed by atoms with van der Waals surface area (Å²) in [5, 5.41) is 0. The second-order valence-electron chi connectivity index (χ2n) is 5.08. The molecule has 1 aromatic rings. The Kier molecular flexibility index (Phi) is 5.65. The normalized spacial score (nSPS) is 10.1. The van der Waals surface area contributed by atoms with E-state index in [9.17, 15) is 4.79 Å². The molecule has 0 bridgehead atoms. The van der Waals surface area contributed by atoms with Gasteiger partial charge in [-0.1, -0.05) is 39.0 Å². The van der Waals surface area contributed by atoms with E-state index in [-0.39, 0.29) is 5.78 Å². The van der Waals surface area contributed by atoms with E-state index < -0.39 is 0 Å². The van der Waals surface area contributed by atoms with E-state index in [0.29, 0.717) is 5.92 Å². The van der Waals surface area contributed by atoms with Crippen LogP contribution in [-0.2, 0) is 6.42 Å². The van der Waals surface area contributed by atoms with Crippen LogP contribution in [0.25, 0.3) is 0 Å². The van der Waals surface area contributed by atoms with Crippen molar-refractivity contribution in [3.8, 4) is 11.8 Å². The first-order valence-electron chi connectivity index (χ1n) is 6.67. The highest BCUT2D eigenvalue weighted by molar-refractivity contribution is 5.95. The maximum absolute atomic E-state index is 11.5. The van der Waals surface area contributed by atoms with Crippen molar-refractivity contribution in [2.45, 2.75) is 47.0 Å². The lowest BCUT2D eigenvalue weighted by molar-refractivity contribution is 0.101. The van der Waals surface area contributed by atoms with Gasteiger partial charge in [0.25, 0.3) is 0 Å². The third-order valence-corrected chi connectivity index (χ3v) is 2.75. The van der Waals surface area contributed by atoms with Crippen LogP contribution < -0.4 is 0 Å². The molecule has 0 aliphatic heterocycles. The standard InChI is InChI=1S/C17H22O/c1-5-7-16-12-15(9-6-8-13(2)3)10-11-17(16)14(4)18/h10-13H,5,7-8H2,1-4H3. The van der Waals surface area contributed by atoms with Crippen molar-refractivity contribution in [3.63, 3.8) is 0 Å². The van der Waals surface area contributed by atoms with Gasteiger partial charge >= 0.3 is 0 Å². The van der Waals surface area contributed by atoms with Crippen molar-refractivity contribution in [1.82, 2.24) is 0 Å². The number of carbonyl (C=O) groups is 1. The van der Waals surface area contributed by atoms with Crippen LogP contribution >= 0.6 is 0 Å². The summed E-state index contributed by atoms with van der Waals surface area (Å²) in [6.45, 7) is 8.08. The first-order valence-corrected chi connectivity index (χ1v) is 6.67. The van der Waals surface area contributed by atoms with Crippen molar-refractivity contribution in [1.29, 1.82) is 0 Å². The van der Waals surface area contributed by atoms with Gasteiger partial charge in [0.05, 0.1) is 0 Å². The Morgan fingerprint density at radius 1 is 1.33 bits per heavy atom. The fraction of sp³-hybridized carbons (Fsp3) is 0.471. The molecular weight excluding hydrogens is 220 g/mol. The number of benzene rings is 1. The monoisotopic (exact) mass is 242 g/mol. The number of rotatable bonds is 4. The number of hydrogen-bond acceptors (Lipinski definition) is 1. The van der Waals surface area contributed by atoms with Crippen LogP contribution in [0.15, 0.2) is 18.2 Å². The van der Waals surface area contributed by atoms with Gasteiger partial charge in [-0.2, -0.15) is 0 Å². The average molecular weight is 242 g/mol. The average Bonchev–Trinajstić information content (AvgIpc) is 2.29. The zero-order valence-electron chi connectivity index (χ0n) is 11.8. The highest BCUT2D eigenvalue weighted by Gasteiger charge is 2.06. The molecule has 0 unspecified atom stereocenters. The molecule has 0 spiro atoms. The number of Topliss-reactive ketones (excluding diaryl/α,β-unsaturated/α-hetero) is 1. The zero-order valence-corrected chi connectivity index (χ0v) is 11.8. The zero-order chi connectivity index (χ0) is 13.5. The van der Waals surface area contributed by atoms with Crippen molar-refractivity contribution >= 4 is 5.78 Å². The van der Waals surface area contributed by atoms with E-state index in [1.165, 1.54) is 0 Å². The summed E-state index contributed by atoms with van der Waals surface area (Å²) in [4.78, 5) is 11.5. The third kappa shape index (κ3) is 4.37. The summed E-state index contributed by atoms with van der Waals surface area (Å²) in [5.74, 6) is 7.10. The fourth-order valence-corrected chi connectivity index (χ4v) is 1.85. The smallest absolute Gasteiger partial charge is 0.160 e. The summed E-state index contributed by atoms with van der Waals surface area (Å²) >= 11 is 0. The quantitative estimate of drug-likeness (QED) is 0.570. The fourth-order valence-electron chi connectivity index (χ4n) is 1.85. The predicted molar refractivity (Wildman–Crippen MR) is 76.8 cm³/mol. The van der Waals surface area contributed by atoms with Crippen molar-refractivity contribution in [2.24, 2.45) is 5.92 Å². The van der Waals surface area contributed by atoms with Gasteiger partial charge in [0, 0.05) is 17.5 Å². The number of hydrogen-bond donors (Lipinski definition) is 0. The minimum Gasteiger partial charge on any atom is -0.295 e. The van der Waals surface area contributed by atoms with E-state index in [1.54, 1.807) is 6.92 Å². The summed E-state index contributed by atoms with van der Waals surface area (Å²) in [7, 11) is 0. The van der Waals surface area contributed by atoms with Crippen molar-refractivity contribution in [3.05, 3.63) is 34.9 Å². The minimum absolute atomic E-state index is 0.139. The molecule has 1 nitrogen and oxygen atoms in total. The number of aryl methyl sites for hydroxylation is 1. The molecule has 0 radical (unpaired) electrons. The molecule has 0 saturated carbocycles. The van der Waals surface area contributed by atoms with Crippen LogP contribution in [0, 0.1) is 17.8 Å². The van der Waals surface area contributed by atoms with E-state index in [1.807, 2.05) is 12.1 Å². The summed E-state index contributed by atoms with van der Waals surface area (Å²) < 4.78 is 0. The molecule has 0 aromatic heterocycles. The van der Waals surface area contributed by atoms with E-state index in [0.717, 1.165) is 36.0 Å². The van der Waals surface area contributed by atoms with Gasteiger partial charge in [-0.3, -0.25) is 4.79 Å². The van der Waals surface area contributed by atoms with E-state index in [2.05, 4.69) is 38.7 Å². The molecule has 0 saturated heterocycles. The molecule has 0 fully saturated rings. The SMILES string of the molecule is CCCc1cc(C#CCC(C)C)ccc1C(C)=O. The topological polar surface area (TPSA) is 17.1 Å². The largest absolute Gasteiger partial charge is 0.295 e. The molecule has 1 aromatic carbocycles. The lowest BCUT2D eigenvalue weighted by Crippen LogP contribution is -2.00. The maximum Gasteiger partial charge on any atom is 0.160 e. The molecule has 0 atom stereocenters. The van der Waals surface area contributed by atoms with Gasteiger partial charge in [-0.15, -0.1) is 0 Å². The minimum atomic E-state index is 0.139. The number of carbonyl (C=O) groups excluding carboxylic acids is 1. The predicted octanol–water partition coefficient (Wildman–Crippen LogP) is 4.24. The molecule has 0 heterocycles. The van der Waals surface area contributed by atoms with Crippen LogP contribution in [0.5, 0.6) is 0 Å². The Morgan fingerprint density at radius 2 is 2.06 bits per heavy atom. The van der Waals surface area contributed by atoms with Crippen LogP contribution in [0.1, 0.15) is 62.0 Å². The lowest BCUT2D eigenvalue weighted by Gasteiger charge is -2.06. The summed E-state index contributed by atoms with van der Waals surface area (Å²) in [5.41, 5.74) is 2.98. The van der Waals surface area contributed by atoms with Crippen LogP contribution in [0.3, 0.4) is 0 Å². The molecule has 96 valence electrons. The van der Waals surface area contributed by atoms with Gasteiger partial charge in [-0.05, 0) is 43.0 Å². The lowest BCUT2D eigenvalue weighted by atomic mass is 9.98. The molecule has 1 rings (SSSR count). The van der Waals surface area contributed by atoms with Gasteiger partial charge in [0.1, 0.15) is 0 Å². The van der Waals surface area contributed by atoms with Crippen molar-refractivity contribution < 1.29 is 4.79 Å². The maximum atomic E-state index is 11.5. The Balaban J connectivity index is 2.98. The van der Waals surface area contributed by atoms with Crippen LogP contribution in [0.2, 0.25) is 0 Å². The number of ketones is 1. The first-order chi connectivity index (χ1) is 8.54. The third-order valence-electron chi connectivity index (χ3n) is 2.75. The van der Waals surface area contributed by atoms with E-state index >= 15 is 0 Å². The molecular formula is C17H22O. The molecule has 0 aliphatic carbocycles. The van der Waals surface area contributed by atoms with Gasteiger partial charge in [-0.25, -0.2) is 0 Å². The molecule has 18 heavy (non-hydrogen) atoms. The van der Waals surface area contributed by atoms with Gasteiger partial charge in [0.2, 0.25) is 0 Å². The van der Waals surface area contributed by atoms with E-state index in [4.69, 9.17) is 0 Å². The summed E-state index contributed by atoms with van der Waals surface area (Å²) in [6.07, 6.45) is 2.90. The van der Waals surface area contributed by atoms with Crippen LogP contribution in [0.4, 0.5) is 0 Å². The molecule has 1 heteroatoms. The Morgan fingerprint density at radius 3 is 2.61 bits per heavy atom. The Hall–Kier alpha value is -1.55. The highest BCUT2D eigenvalue weighted by Crippen LogP contribution is 2.14. The van der Waals surface area contributed by atoms with Crippen LogP contribution in [-0.4, -0.2) is 5.78 Å². The van der Waals surface area contributed by atoms with Crippen molar-refractivity contribution in [2.75, 3.05) is 0 Å².